The van der Waals surface area contributed by atoms with Gasteiger partial charge in [0, 0.05) is 22.9 Å². The molecule has 1 heterocycles. The zero-order chi connectivity index (χ0) is 18.4. The van der Waals surface area contributed by atoms with E-state index >= 15 is 0 Å². The summed E-state index contributed by atoms with van der Waals surface area (Å²) in [5.74, 6) is -3.08. The number of aromatic nitrogens is 1. The molecule has 1 aromatic heterocycles. The van der Waals surface area contributed by atoms with Crippen LogP contribution < -0.4 is 5.73 Å². The lowest BCUT2D eigenvalue weighted by molar-refractivity contribution is 0.100. The van der Waals surface area contributed by atoms with Crippen LogP contribution in [-0.4, -0.2) is 10.5 Å². The number of carbonyl (C=O) groups is 1. The number of amides is 1. The minimum Gasteiger partial charge on any atom is -0.366 e. The first-order valence-electron chi connectivity index (χ1n) is 7.82. The van der Waals surface area contributed by atoms with Gasteiger partial charge in [-0.3, -0.25) is 4.79 Å². The van der Waals surface area contributed by atoms with Gasteiger partial charge in [-0.05, 0) is 42.0 Å². The van der Waals surface area contributed by atoms with Gasteiger partial charge in [0.15, 0.2) is 11.6 Å². The summed E-state index contributed by atoms with van der Waals surface area (Å²) in [6, 6.07) is 14.1. The fourth-order valence-corrected chi connectivity index (χ4v) is 3.26. The Morgan fingerprint density at radius 2 is 1.85 bits per heavy atom. The van der Waals surface area contributed by atoms with Crippen LogP contribution in [0.1, 0.15) is 15.9 Å². The smallest absolute Gasteiger partial charge is 0.249 e. The molecule has 3 nitrogen and oxygen atoms in total. The van der Waals surface area contributed by atoms with Crippen molar-refractivity contribution in [3.8, 4) is 0 Å². The summed E-state index contributed by atoms with van der Waals surface area (Å²) in [6.07, 6.45) is 0. The molecular weight excluding hydrogens is 341 g/mol. The van der Waals surface area contributed by atoms with E-state index in [0.717, 1.165) is 12.1 Å². The van der Waals surface area contributed by atoms with E-state index in [4.69, 9.17) is 5.73 Å². The number of hydrogen-bond acceptors (Lipinski definition) is 1. The molecule has 0 aliphatic rings. The summed E-state index contributed by atoms with van der Waals surface area (Å²) < 4.78 is 42.9. The second-order valence-corrected chi connectivity index (χ2v) is 5.95. The predicted octanol–water partition coefficient (Wildman–Crippen LogP) is 4.16. The van der Waals surface area contributed by atoms with Crippen LogP contribution in [0.15, 0.2) is 48.5 Å². The summed E-state index contributed by atoms with van der Waals surface area (Å²) in [6.45, 7) is 0.0915. The van der Waals surface area contributed by atoms with Gasteiger partial charge >= 0.3 is 0 Å². The Morgan fingerprint density at radius 3 is 2.58 bits per heavy atom. The third kappa shape index (κ3) is 2.42. The van der Waals surface area contributed by atoms with Gasteiger partial charge in [0.25, 0.3) is 0 Å². The highest BCUT2D eigenvalue weighted by Gasteiger charge is 2.19. The number of halogens is 3. The van der Waals surface area contributed by atoms with E-state index in [1.165, 1.54) is 18.2 Å². The fourth-order valence-electron chi connectivity index (χ4n) is 3.26. The van der Waals surface area contributed by atoms with Crippen molar-refractivity contribution in [2.24, 2.45) is 5.73 Å². The van der Waals surface area contributed by atoms with Crippen molar-refractivity contribution in [3.63, 3.8) is 0 Å². The van der Waals surface area contributed by atoms with Crippen molar-refractivity contribution < 1.29 is 18.0 Å². The van der Waals surface area contributed by atoms with Gasteiger partial charge < -0.3 is 10.3 Å². The first-order chi connectivity index (χ1) is 12.5. The van der Waals surface area contributed by atoms with Gasteiger partial charge in [0.1, 0.15) is 5.82 Å². The molecule has 0 aliphatic heterocycles. The SMILES string of the molecule is NC(=O)c1cccc2c1c1[c]ccc(F)c1n2Cc1ccc(F)c(F)c1. The Labute approximate surface area is 146 Å². The molecule has 4 rings (SSSR count). The lowest BCUT2D eigenvalue weighted by Crippen LogP contribution is -2.11. The van der Waals surface area contributed by atoms with Gasteiger partial charge in [-0.25, -0.2) is 13.2 Å². The number of fused-ring (bicyclic) bond motifs is 3. The lowest BCUT2D eigenvalue weighted by atomic mass is 10.1. The van der Waals surface area contributed by atoms with Crippen molar-refractivity contribution in [2.75, 3.05) is 0 Å². The monoisotopic (exact) mass is 353 g/mol. The Bertz CT molecular complexity index is 1180. The number of rotatable bonds is 3. The van der Waals surface area contributed by atoms with E-state index < -0.39 is 23.4 Å². The van der Waals surface area contributed by atoms with E-state index in [0.29, 0.717) is 21.9 Å². The molecule has 1 amide bonds. The van der Waals surface area contributed by atoms with Crippen molar-refractivity contribution in [3.05, 3.63) is 83.2 Å². The van der Waals surface area contributed by atoms with Crippen molar-refractivity contribution in [1.29, 1.82) is 0 Å². The maximum Gasteiger partial charge on any atom is 0.249 e. The molecule has 6 heteroatoms. The molecule has 4 aromatic rings. The highest BCUT2D eigenvalue weighted by Crippen LogP contribution is 2.33. The molecule has 1 radical (unpaired) electrons. The van der Waals surface area contributed by atoms with E-state index in [-0.39, 0.29) is 17.6 Å². The fraction of sp³-hybridized carbons (Fsp3) is 0.0500. The summed E-state index contributed by atoms with van der Waals surface area (Å²) in [5, 5.41) is 0.897. The summed E-state index contributed by atoms with van der Waals surface area (Å²) in [7, 11) is 0. The molecule has 0 fully saturated rings. The first kappa shape index (κ1) is 16.2. The van der Waals surface area contributed by atoms with Gasteiger partial charge in [0.05, 0.1) is 11.0 Å². The van der Waals surface area contributed by atoms with Gasteiger partial charge in [0.2, 0.25) is 5.91 Å². The Kier molecular flexibility index (Phi) is 3.68. The normalized spacial score (nSPS) is 11.3. The van der Waals surface area contributed by atoms with Crippen LogP contribution in [0, 0.1) is 23.5 Å². The molecule has 2 N–H and O–H groups in total. The molecule has 26 heavy (non-hydrogen) atoms. The Hall–Kier alpha value is -3.28. The number of primary amides is 1. The zero-order valence-electron chi connectivity index (χ0n) is 13.4. The molecule has 129 valence electrons. The first-order valence-corrected chi connectivity index (χ1v) is 7.82. The average molecular weight is 353 g/mol. The predicted molar refractivity (Wildman–Crippen MR) is 92.2 cm³/mol. The zero-order valence-corrected chi connectivity index (χ0v) is 13.4. The molecule has 0 aliphatic carbocycles. The van der Waals surface area contributed by atoms with Gasteiger partial charge in [-0.2, -0.15) is 0 Å². The van der Waals surface area contributed by atoms with Crippen LogP contribution in [0.5, 0.6) is 0 Å². The molecule has 0 unspecified atom stereocenters. The Balaban J connectivity index is 2.05. The summed E-state index contributed by atoms with van der Waals surface area (Å²) in [4.78, 5) is 11.8. The third-order valence-corrected chi connectivity index (χ3v) is 4.36. The van der Waals surface area contributed by atoms with Gasteiger partial charge in [-0.15, -0.1) is 0 Å². The Morgan fingerprint density at radius 1 is 1.04 bits per heavy atom. The average Bonchev–Trinajstić information content (AvgIpc) is 2.93. The minimum atomic E-state index is -0.979. The molecular formula is C20H12F3N2O. The minimum absolute atomic E-state index is 0.0915. The van der Waals surface area contributed by atoms with Crippen molar-refractivity contribution in [1.82, 2.24) is 4.57 Å². The van der Waals surface area contributed by atoms with Crippen LogP contribution >= 0.6 is 0 Å². The van der Waals surface area contributed by atoms with Crippen molar-refractivity contribution in [2.45, 2.75) is 6.54 Å². The maximum absolute atomic E-state index is 14.6. The molecule has 0 bridgehead atoms. The standard InChI is InChI=1S/C20H12F3N2O/c21-14-8-7-11(9-16(14)23)10-25-17-6-2-4-13(20(24)26)18(17)12-3-1-5-15(22)19(12)25/h1-2,4-9H,10H2,(H2,24,26). The van der Waals surface area contributed by atoms with E-state index in [1.807, 2.05) is 0 Å². The molecule has 0 atom stereocenters. The van der Waals surface area contributed by atoms with Crippen LogP contribution in [-0.2, 0) is 6.54 Å². The number of hydrogen-bond donors (Lipinski definition) is 1. The second kappa shape index (κ2) is 5.91. The van der Waals surface area contributed by atoms with Crippen LogP contribution in [0.25, 0.3) is 21.8 Å². The lowest BCUT2D eigenvalue weighted by Gasteiger charge is -2.09. The second-order valence-electron chi connectivity index (χ2n) is 5.95. The topological polar surface area (TPSA) is 48.0 Å². The molecule has 0 saturated heterocycles. The number of benzene rings is 3. The van der Waals surface area contributed by atoms with Gasteiger partial charge in [-0.1, -0.05) is 18.2 Å². The molecule has 0 saturated carbocycles. The highest BCUT2D eigenvalue weighted by molar-refractivity contribution is 6.17. The third-order valence-electron chi connectivity index (χ3n) is 4.36. The quantitative estimate of drug-likeness (QED) is 0.591. The van der Waals surface area contributed by atoms with Crippen LogP contribution in [0.4, 0.5) is 13.2 Å². The highest BCUT2D eigenvalue weighted by atomic mass is 19.2. The number of nitrogens with zero attached hydrogens (tertiary/aromatic N) is 1. The van der Waals surface area contributed by atoms with E-state index in [2.05, 4.69) is 6.07 Å². The van der Waals surface area contributed by atoms with E-state index in [1.54, 1.807) is 22.8 Å². The largest absolute Gasteiger partial charge is 0.366 e. The number of carbonyl (C=O) groups excluding carboxylic acids is 1. The van der Waals surface area contributed by atoms with E-state index in [9.17, 15) is 18.0 Å². The summed E-state index contributed by atoms with van der Waals surface area (Å²) >= 11 is 0. The molecule has 0 spiro atoms. The number of nitrogens with two attached hydrogens (primary N) is 1. The van der Waals surface area contributed by atoms with Crippen LogP contribution in [0.3, 0.4) is 0 Å². The molecule has 3 aromatic carbocycles. The summed E-state index contributed by atoms with van der Waals surface area (Å²) in [5.41, 5.74) is 6.94. The maximum atomic E-state index is 14.6. The van der Waals surface area contributed by atoms with Crippen molar-refractivity contribution >= 4 is 27.7 Å². The van der Waals surface area contributed by atoms with Crippen LogP contribution in [0.2, 0.25) is 0 Å².